The molecule has 1 amide bonds. The number of hydrogen-bond acceptors (Lipinski definition) is 2. The average molecular weight is 257 g/mol. The number of aryl methyl sites for hydroxylation is 2. The molecule has 100 valence electrons. The summed E-state index contributed by atoms with van der Waals surface area (Å²) < 4.78 is 1.96. The van der Waals surface area contributed by atoms with Crippen LogP contribution in [0.4, 0.5) is 0 Å². The fraction of sp³-hybridized carbons (Fsp3) is 0.467. The van der Waals surface area contributed by atoms with Crippen molar-refractivity contribution in [2.75, 3.05) is 0 Å². The van der Waals surface area contributed by atoms with Crippen molar-refractivity contribution in [3.05, 3.63) is 35.3 Å². The van der Waals surface area contributed by atoms with Crippen LogP contribution in [-0.2, 0) is 0 Å². The second-order valence-electron chi connectivity index (χ2n) is 5.56. The second-order valence-corrected chi connectivity index (χ2v) is 5.56. The summed E-state index contributed by atoms with van der Waals surface area (Å²) in [4.78, 5) is 16.8. The van der Waals surface area contributed by atoms with Crippen molar-refractivity contribution in [1.82, 2.24) is 14.7 Å². The van der Waals surface area contributed by atoms with Crippen LogP contribution in [0.15, 0.2) is 18.3 Å². The predicted molar refractivity (Wildman–Crippen MR) is 74.3 cm³/mol. The van der Waals surface area contributed by atoms with Gasteiger partial charge in [0, 0.05) is 23.6 Å². The van der Waals surface area contributed by atoms with Crippen LogP contribution < -0.4 is 5.32 Å². The minimum absolute atomic E-state index is 0.0144. The van der Waals surface area contributed by atoms with Crippen LogP contribution in [0.1, 0.15) is 41.5 Å². The van der Waals surface area contributed by atoms with Crippen molar-refractivity contribution in [1.29, 1.82) is 0 Å². The van der Waals surface area contributed by atoms with Crippen molar-refractivity contribution in [3.63, 3.8) is 0 Å². The lowest BCUT2D eigenvalue weighted by atomic mass is 10.2. The molecule has 1 saturated carbocycles. The summed E-state index contributed by atoms with van der Waals surface area (Å²) in [5.41, 5.74) is 3.45. The number of aromatic nitrogens is 2. The molecule has 4 nitrogen and oxygen atoms in total. The van der Waals surface area contributed by atoms with E-state index in [1.54, 1.807) is 0 Å². The Morgan fingerprint density at radius 2 is 2.21 bits per heavy atom. The lowest BCUT2D eigenvalue weighted by Crippen LogP contribution is -2.34. The third kappa shape index (κ3) is 2.23. The summed E-state index contributed by atoms with van der Waals surface area (Å²) in [5, 5.41) is 3.08. The Morgan fingerprint density at radius 1 is 1.47 bits per heavy atom. The number of rotatable bonds is 3. The summed E-state index contributed by atoms with van der Waals surface area (Å²) >= 11 is 0. The Morgan fingerprint density at radius 3 is 2.89 bits per heavy atom. The quantitative estimate of drug-likeness (QED) is 0.918. The molecule has 2 aromatic rings. The molecule has 1 N–H and O–H groups in total. The molecule has 1 fully saturated rings. The number of carbonyl (C=O) groups excluding carboxylic acids is 1. The summed E-state index contributed by atoms with van der Waals surface area (Å²) in [7, 11) is 0. The van der Waals surface area contributed by atoms with Crippen LogP contribution in [0.2, 0.25) is 0 Å². The van der Waals surface area contributed by atoms with Crippen LogP contribution in [-0.4, -0.2) is 21.3 Å². The maximum Gasteiger partial charge on any atom is 0.255 e. The van der Waals surface area contributed by atoms with Gasteiger partial charge in [-0.25, -0.2) is 4.98 Å². The number of nitrogens with zero attached hydrogens (tertiary/aromatic N) is 2. The van der Waals surface area contributed by atoms with E-state index in [2.05, 4.69) is 17.2 Å². The van der Waals surface area contributed by atoms with Crippen molar-refractivity contribution in [3.8, 4) is 0 Å². The van der Waals surface area contributed by atoms with E-state index < -0.39 is 0 Å². The molecule has 1 aliphatic carbocycles. The van der Waals surface area contributed by atoms with Gasteiger partial charge >= 0.3 is 0 Å². The SMILES string of the molecule is Cc1cc(C)n2ccc(C(=O)NC(C)C3CC3)c2n1. The molecule has 0 radical (unpaired) electrons. The Hall–Kier alpha value is -1.84. The van der Waals surface area contributed by atoms with Gasteiger partial charge in [0.1, 0.15) is 5.65 Å². The highest BCUT2D eigenvalue weighted by Gasteiger charge is 2.29. The first-order chi connectivity index (χ1) is 9.06. The highest BCUT2D eigenvalue weighted by Crippen LogP contribution is 2.32. The fourth-order valence-corrected chi connectivity index (χ4v) is 2.57. The molecule has 19 heavy (non-hydrogen) atoms. The number of carbonyl (C=O) groups is 1. The maximum atomic E-state index is 12.3. The lowest BCUT2D eigenvalue weighted by Gasteiger charge is -2.12. The Kier molecular flexibility index (Phi) is 2.81. The molecule has 0 aromatic carbocycles. The topological polar surface area (TPSA) is 46.4 Å². The van der Waals surface area contributed by atoms with E-state index in [-0.39, 0.29) is 11.9 Å². The van der Waals surface area contributed by atoms with E-state index in [0.717, 1.165) is 17.0 Å². The van der Waals surface area contributed by atoms with Gasteiger partial charge in [-0.15, -0.1) is 0 Å². The summed E-state index contributed by atoms with van der Waals surface area (Å²) in [6, 6.07) is 4.12. The van der Waals surface area contributed by atoms with Gasteiger partial charge in [0.05, 0.1) is 5.56 Å². The molecule has 4 heteroatoms. The second kappa shape index (κ2) is 4.37. The number of hydrogen-bond donors (Lipinski definition) is 1. The lowest BCUT2D eigenvalue weighted by molar-refractivity contribution is 0.0937. The van der Waals surface area contributed by atoms with Gasteiger partial charge in [0.2, 0.25) is 0 Å². The number of amides is 1. The van der Waals surface area contributed by atoms with E-state index in [1.807, 2.05) is 36.6 Å². The predicted octanol–water partition coefficient (Wildman–Crippen LogP) is 2.48. The van der Waals surface area contributed by atoms with Crippen LogP contribution in [0.5, 0.6) is 0 Å². The zero-order valence-corrected chi connectivity index (χ0v) is 11.6. The van der Waals surface area contributed by atoms with Gasteiger partial charge in [-0.1, -0.05) is 0 Å². The van der Waals surface area contributed by atoms with Crippen LogP contribution >= 0.6 is 0 Å². The molecule has 0 bridgehead atoms. The molecule has 2 heterocycles. The van der Waals surface area contributed by atoms with Crippen molar-refractivity contribution >= 4 is 11.6 Å². The zero-order chi connectivity index (χ0) is 13.6. The van der Waals surface area contributed by atoms with Crippen LogP contribution in [0.3, 0.4) is 0 Å². The largest absolute Gasteiger partial charge is 0.349 e. The molecular formula is C15H19N3O. The molecule has 1 atom stereocenters. The molecule has 0 spiro atoms. The first-order valence-corrected chi connectivity index (χ1v) is 6.82. The van der Waals surface area contributed by atoms with Gasteiger partial charge in [-0.2, -0.15) is 0 Å². The average Bonchev–Trinajstić information content (AvgIpc) is 3.09. The molecule has 3 rings (SSSR count). The van der Waals surface area contributed by atoms with Crippen molar-refractivity contribution < 1.29 is 4.79 Å². The maximum absolute atomic E-state index is 12.3. The molecule has 2 aromatic heterocycles. The van der Waals surface area contributed by atoms with Gasteiger partial charge < -0.3 is 9.72 Å². The minimum Gasteiger partial charge on any atom is -0.349 e. The zero-order valence-electron chi connectivity index (χ0n) is 11.6. The standard InChI is InChI=1S/C15H19N3O/c1-9-8-10(2)18-7-6-13(14(18)16-9)15(19)17-11(3)12-4-5-12/h6-8,11-12H,4-5H2,1-3H3,(H,17,19). The minimum atomic E-state index is -0.0144. The summed E-state index contributed by atoms with van der Waals surface area (Å²) in [6.45, 7) is 6.06. The highest BCUT2D eigenvalue weighted by atomic mass is 16.1. The highest BCUT2D eigenvalue weighted by molar-refractivity contribution is 6.00. The Bertz CT molecular complexity index is 640. The van der Waals surface area contributed by atoms with Gasteiger partial charge in [-0.05, 0) is 51.7 Å². The first kappa shape index (κ1) is 12.2. The van der Waals surface area contributed by atoms with Gasteiger partial charge in [0.25, 0.3) is 5.91 Å². The molecule has 0 aliphatic heterocycles. The van der Waals surface area contributed by atoms with Crippen molar-refractivity contribution in [2.24, 2.45) is 5.92 Å². The fourth-order valence-electron chi connectivity index (χ4n) is 2.57. The van der Waals surface area contributed by atoms with E-state index in [4.69, 9.17) is 0 Å². The smallest absolute Gasteiger partial charge is 0.255 e. The van der Waals surface area contributed by atoms with Gasteiger partial charge in [0.15, 0.2) is 0 Å². The third-order valence-corrected chi connectivity index (χ3v) is 3.87. The van der Waals surface area contributed by atoms with E-state index >= 15 is 0 Å². The van der Waals surface area contributed by atoms with Crippen molar-refractivity contribution in [2.45, 2.75) is 39.7 Å². The van der Waals surface area contributed by atoms with Crippen LogP contribution in [0, 0.1) is 19.8 Å². The normalized spacial score (nSPS) is 16.6. The Labute approximate surface area is 112 Å². The Balaban J connectivity index is 1.93. The molecular weight excluding hydrogens is 238 g/mol. The summed E-state index contributed by atoms with van der Waals surface area (Å²) in [5.74, 6) is 0.647. The first-order valence-electron chi connectivity index (χ1n) is 6.82. The number of fused-ring (bicyclic) bond motifs is 1. The third-order valence-electron chi connectivity index (χ3n) is 3.87. The van der Waals surface area contributed by atoms with E-state index in [0.29, 0.717) is 11.5 Å². The molecule has 0 saturated heterocycles. The molecule has 1 unspecified atom stereocenters. The van der Waals surface area contributed by atoms with E-state index in [9.17, 15) is 4.79 Å². The van der Waals surface area contributed by atoms with E-state index in [1.165, 1.54) is 12.8 Å². The molecule has 1 aliphatic rings. The summed E-state index contributed by atoms with van der Waals surface area (Å²) in [6.07, 6.45) is 4.37. The van der Waals surface area contributed by atoms with Crippen LogP contribution in [0.25, 0.3) is 5.65 Å². The van der Waals surface area contributed by atoms with Gasteiger partial charge in [-0.3, -0.25) is 4.79 Å². The number of nitrogens with one attached hydrogen (secondary N) is 1. The monoisotopic (exact) mass is 257 g/mol.